The number of rotatable bonds is 7. The zero-order valence-corrected chi connectivity index (χ0v) is 10.7. The summed E-state index contributed by atoms with van der Waals surface area (Å²) in [5.74, 6) is 0. The van der Waals surface area contributed by atoms with Gasteiger partial charge in [0.1, 0.15) is 0 Å². The van der Waals surface area contributed by atoms with Crippen LogP contribution in [-0.2, 0) is 7.05 Å². The van der Waals surface area contributed by atoms with Crippen LogP contribution in [0.3, 0.4) is 0 Å². The molecule has 0 saturated heterocycles. The number of hydrogen-bond acceptors (Lipinski definition) is 3. The molecule has 0 saturated carbocycles. The molecule has 0 spiro atoms. The van der Waals surface area contributed by atoms with Crippen molar-refractivity contribution in [1.82, 2.24) is 14.5 Å². The van der Waals surface area contributed by atoms with Crippen LogP contribution in [0, 0.1) is 0 Å². The fourth-order valence-corrected chi connectivity index (χ4v) is 2.04. The summed E-state index contributed by atoms with van der Waals surface area (Å²) in [6.45, 7) is 7.20. The van der Waals surface area contributed by atoms with Gasteiger partial charge in [-0.15, -0.1) is 0 Å². The molecular weight excluding hydrogens is 200 g/mol. The molecule has 0 amide bonds. The smallest absolute Gasteiger partial charge is 0.0946 e. The van der Waals surface area contributed by atoms with E-state index in [0.717, 1.165) is 13.1 Å². The molecule has 0 radical (unpaired) electrons. The van der Waals surface area contributed by atoms with Gasteiger partial charge in [-0.3, -0.25) is 4.90 Å². The maximum Gasteiger partial charge on any atom is 0.0946 e. The quantitative estimate of drug-likeness (QED) is 0.764. The summed E-state index contributed by atoms with van der Waals surface area (Å²) in [5.41, 5.74) is 7.11. The maximum atomic E-state index is 5.90. The standard InChI is InChI=1S/C12H24N4/c1-4-6-7-16(5-2)11(8-13)12-9-14-10-15(12)3/h9-11H,4-8,13H2,1-3H3. The van der Waals surface area contributed by atoms with E-state index in [0.29, 0.717) is 12.6 Å². The Bertz CT molecular complexity index is 295. The van der Waals surface area contributed by atoms with Gasteiger partial charge >= 0.3 is 0 Å². The van der Waals surface area contributed by atoms with E-state index < -0.39 is 0 Å². The summed E-state index contributed by atoms with van der Waals surface area (Å²) in [6, 6.07) is 0.295. The normalized spacial score (nSPS) is 13.3. The summed E-state index contributed by atoms with van der Waals surface area (Å²) >= 11 is 0. The van der Waals surface area contributed by atoms with Crippen LogP contribution in [0.4, 0.5) is 0 Å². The van der Waals surface area contributed by atoms with Gasteiger partial charge in [-0.05, 0) is 19.5 Å². The van der Waals surface area contributed by atoms with Gasteiger partial charge in [-0.1, -0.05) is 20.3 Å². The number of imidazole rings is 1. The number of hydrogen-bond donors (Lipinski definition) is 1. The minimum Gasteiger partial charge on any atom is -0.336 e. The molecule has 0 bridgehead atoms. The van der Waals surface area contributed by atoms with Gasteiger partial charge < -0.3 is 10.3 Å². The first-order valence-electron chi connectivity index (χ1n) is 6.14. The fraction of sp³-hybridized carbons (Fsp3) is 0.750. The van der Waals surface area contributed by atoms with Crippen molar-refractivity contribution in [3.05, 3.63) is 18.2 Å². The van der Waals surface area contributed by atoms with Crippen LogP contribution < -0.4 is 5.73 Å². The van der Waals surface area contributed by atoms with E-state index in [9.17, 15) is 0 Å². The second-order valence-electron chi connectivity index (χ2n) is 4.16. The predicted molar refractivity (Wildman–Crippen MR) is 67.2 cm³/mol. The minimum atomic E-state index is 0.295. The lowest BCUT2D eigenvalue weighted by molar-refractivity contribution is 0.202. The molecule has 4 nitrogen and oxygen atoms in total. The van der Waals surface area contributed by atoms with Crippen LogP contribution in [0.15, 0.2) is 12.5 Å². The van der Waals surface area contributed by atoms with Crippen molar-refractivity contribution in [2.45, 2.75) is 32.7 Å². The Morgan fingerprint density at radius 1 is 1.50 bits per heavy atom. The number of likely N-dealkylation sites (N-methyl/N-ethyl adjacent to an activating group) is 1. The van der Waals surface area contributed by atoms with E-state index >= 15 is 0 Å². The predicted octanol–water partition coefficient (Wildman–Crippen LogP) is 1.54. The molecular formula is C12H24N4. The second-order valence-corrected chi connectivity index (χ2v) is 4.16. The van der Waals surface area contributed by atoms with E-state index in [4.69, 9.17) is 5.73 Å². The molecule has 0 aliphatic carbocycles. The second kappa shape index (κ2) is 6.66. The van der Waals surface area contributed by atoms with Gasteiger partial charge in [-0.2, -0.15) is 0 Å². The number of nitrogens with zero attached hydrogens (tertiary/aromatic N) is 3. The monoisotopic (exact) mass is 224 g/mol. The molecule has 92 valence electrons. The van der Waals surface area contributed by atoms with E-state index in [-0.39, 0.29) is 0 Å². The van der Waals surface area contributed by atoms with Crippen molar-refractivity contribution in [2.75, 3.05) is 19.6 Å². The van der Waals surface area contributed by atoms with Crippen molar-refractivity contribution in [3.63, 3.8) is 0 Å². The molecule has 16 heavy (non-hydrogen) atoms. The maximum absolute atomic E-state index is 5.90. The first-order chi connectivity index (χ1) is 7.74. The van der Waals surface area contributed by atoms with E-state index in [1.807, 2.05) is 19.6 Å². The molecule has 1 atom stereocenters. The fourth-order valence-electron chi connectivity index (χ4n) is 2.04. The van der Waals surface area contributed by atoms with Gasteiger partial charge in [0.25, 0.3) is 0 Å². The Morgan fingerprint density at radius 2 is 2.25 bits per heavy atom. The zero-order chi connectivity index (χ0) is 12.0. The summed E-state index contributed by atoms with van der Waals surface area (Å²) in [5, 5.41) is 0. The topological polar surface area (TPSA) is 47.1 Å². The van der Waals surface area contributed by atoms with Gasteiger partial charge in [-0.25, -0.2) is 4.98 Å². The summed E-state index contributed by atoms with van der Waals surface area (Å²) in [6.07, 6.45) is 6.21. The molecule has 4 heteroatoms. The van der Waals surface area contributed by atoms with Gasteiger partial charge in [0.15, 0.2) is 0 Å². The van der Waals surface area contributed by atoms with Crippen LogP contribution in [0.25, 0.3) is 0 Å². The molecule has 0 aliphatic heterocycles. The van der Waals surface area contributed by atoms with E-state index in [1.165, 1.54) is 18.5 Å². The van der Waals surface area contributed by atoms with Crippen molar-refractivity contribution in [2.24, 2.45) is 12.8 Å². The van der Waals surface area contributed by atoms with Crippen LogP contribution in [0.2, 0.25) is 0 Å². The summed E-state index contributed by atoms with van der Waals surface area (Å²) in [4.78, 5) is 6.60. The number of aromatic nitrogens is 2. The first-order valence-corrected chi connectivity index (χ1v) is 6.14. The molecule has 1 rings (SSSR count). The average Bonchev–Trinajstić information content (AvgIpc) is 2.71. The highest BCUT2D eigenvalue weighted by molar-refractivity contribution is 5.05. The highest BCUT2D eigenvalue weighted by atomic mass is 15.2. The molecule has 0 aromatic carbocycles. The van der Waals surface area contributed by atoms with Crippen molar-refractivity contribution >= 4 is 0 Å². The third-order valence-corrected chi connectivity index (χ3v) is 3.06. The lowest BCUT2D eigenvalue weighted by Crippen LogP contribution is -2.35. The van der Waals surface area contributed by atoms with Crippen LogP contribution in [-0.4, -0.2) is 34.1 Å². The first kappa shape index (κ1) is 13.2. The molecule has 0 aliphatic rings. The van der Waals surface area contributed by atoms with Crippen LogP contribution >= 0.6 is 0 Å². The lowest BCUT2D eigenvalue weighted by atomic mass is 10.1. The van der Waals surface area contributed by atoms with Gasteiger partial charge in [0, 0.05) is 19.8 Å². The van der Waals surface area contributed by atoms with Crippen LogP contribution in [0.1, 0.15) is 38.4 Å². The van der Waals surface area contributed by atoms with Crippen molar-refractivity contribution in [1.29, 1.82) is 0 Å². The largest absolute Gasteiger partial charge is 0.336 e. The van der Waals surface area contributed by atoms with E-state index in [1.54, 1.807) is 0 Å². The Hall–Kier alpha value is -0.870. The Kier molecular flexibility index (Phi) is 5.49. The molecule has 0 fully saturated rings. The van der Waals surface area contributed by atoms with Crippen molar-refractivity contribution in [3.8, 4) is 0 Å². The average molecular weight is 224 g/mol. The number of nitrogens with two attached hydrogens (primary N) is 1. The Balaban J connectivity index is 2.75. The molecule has 1 aromatic heterocycles. The van der Waals surface area contributed by atoms with E-state index in [2.05, 4.69) is 28.3 Å². The molecule has 1 aromatic rings. The Morgan fingerprint density at radius 3 is 2.69 bits per heavy atom. The summed E-state index contributed by atoms with van der Waals surface area (Å²) in [7, 11) is 2.03. The SMILES string of the molecule is CCCCN(CC)C(CN)c1cncn1C. The zero-order valence-electron chi connectivity index (χ0n) is 10.7. The number of aryl methyl sites for hydroxylation is 1. The van der Waals surface area contributed by atoms with Gasteiger partial charge in [0.05, 0.1) is 18.1 Å². The lowest BCUT2D eigenvalue weighted by Gasteiger charge is -2.29. The third-order valence-electron chi connectivity index (χ3n) is 3.06. The third kappa shape index (κ3) is 3.06. The molecule has 1 unspecified atom stereocenters. The van der Waals surface area contributed by atoms with Crippen LogP contribution in [0.5, 0.6) is 0 Å². The highest BCUT2D eigenvalue weighted by Crippen LogP contribution is 2.18. The molecule has 1 heterocycles. The number of unbranched alkanes of at least 4 members (excludes halogenated alkanes) is 1. The van der Waals surface area contributed by atoms with Crippen molar-refractivity contribution < 1.29 is 0 Å². The Labute approximate surface area is 98.5 Å². The molecule has 2 N–H and O–H groups in total. The summed E-state index contributed by atoms with van der Waals surface area (Å²) < 4.78 is 2.06. The van der Waals surface area contributed by atoms with Gasteiger partial charge in [0.2, 0.25) is 0 Å². The minimum absolute atomic E-state index is 0.295. The highest BCUT2D eigenvalue weighted by Gasteiger charge is 2.19.